The molecule has 1 amide bonds. The highest BCUT2D eigenvalue weighted by Gasteiger charge is 2.38. The van der Waals surface area contributed by atoms with E-state index in [-0.39, 0.29) is 11.4 Å². The van der Waals surface area contributed by atoms with Crippen molar-refractivity contribution in [1.82, 2.24) is 25.0 Å². The molecule has 2 aliphatic heterocycles. The van der Waals surface area contributed by atoms with Crippen LogP contribution in [0.5, 0.6) is 0 Å². The maximum atomic E-state index is 12.9. The van der Waals surface area contributed by atoms with Crippen molar-refractivity contribution in [3.05, 3.63) is 29.0 Å². The number of nitrogens with zero attached hydrogens (tertiary/aromatic N) is 4. The number of halogens is 1. The van der Waals surface area contributed by atoms with Gasteiger partial charge in [0.05, 0.1) is 10.6 Å². The van der Waals surface area contributed by atoms with E-state index < -0.39 is 0 Å². The van der Waals surface area contributed by atoms with Gasteiger partial charge in [0.1, 0.15) is 5.69 Å². The molecule has 144 valence electrons. The maximum Gasteiger partial charge on any atom is 0.271 e. The summed E-state index contributed by atoms with van der Waals surface area (Å²) in [7, 11) is 2.14. The first-order chi connectivity index (χ1) is 12.5. The fraction of sp³-hybridized carbons (Fsp3) is 0.684. The summed E-state index contributed by atoms with van der Waals surface area (Å²) >= 11 is 6.18. The lowest BCUT2D eigenvalue weighted by Crippen LogP contribution is -2.62. The number of rotatable bonds is 5. The van der Waals surface area contributed by atoms with Crippen LogP contribution < -0.4 is 5.32 Å². The van der Waals surface area contributed by atoms with E-state index in [4.69, 9.17) is 11.6 Å². The number of hydrogen-bond acceptors (Lipinski definition) is 5. The zero-order valence-corrected chi connectivity index (χ0v) is 16.6. The molecule has 0 radical (unpaired) electrons. The highest BCUT2D eigenvalue weighted by Crippen LogP contribution is 2.25. The average Bonchev–Trinajstić information content (AvgIpc) is 2.65. The van der Waals surface area contributed by atoms with E-state index in [9.17, 15) is 4.79 Å². The van der Waals surface area contributed by atoms with Gasteiger partial charge in [0.25, 0.3) is 5.91 Å². The van der Waals surface area contributed by atoms with Crippen molar-refractivity contribution < 1.29 is 4.79 Å². The molecular weight excluding hydrogens is 350 g/mol. The minimum atomic E-state index is -0.209. The van der Waals surface area contributed by atoms with Gasteiger partial charge in [0.2, 0.25) is 0 Å². The zero-order chi connectivity index (χ0) is 18.6. The number of amides is 1. The Morgan fingerprint density at radius 2 is 1.85 bits per heavy atom. The molecule has 0 aromatic carbocycles. The molecule has 3 heterocycles. The van der Waals surface area contributed by atoms with E-state index in [2.05, 4.69) is 39.0 Å². The van der Waals surface area contributed by atoms with Gasteiger partial charge >= 0.3 is 0 Å². The number of carbonyl (C=O) groups excluding carboxylic acids is 1. The summed E-state index contributed by atoms with van der Waals surface area (Å²) in [5.41, 5.74) is 0.113. The summed E-state index contributed by atoms with van der Waals surface area (Å²) in [5, 5.41) is 3.72. The van der Waals surface area contributed by atoms with Gasteiger partial charge in [0.15, 0.2) is 0 Å². The lowest BCUT2D eigenvalue weighted by atomic mass is 9.86. The summed E-state index contributed by atoms with van der Waals surface area (Å²) in [6, 6.07) is 3.46. The lowest BCUT2D eigenvalue weighted by molar-refractivity contribution is 0.0601. The Morgan fingerprint density at radius 3 is 2.46 bits per heavy atom. The summed E-state index contributed by atoms with van der Waals surface area (Å²) in [5.74, 6) is -0.160. The number of aromatic nitrogens is 1. The first-order valence-electron chi connectivity index (χ1n) is 9.58. The van der Waals surface area contributed by atoms with E-state index >= 15 is 0 Å². The first kappa shape index (κ1) is 19.5. The number of nitrogens with one attached hydrogen (secondary N) is 1. The monoisotopic (exact) mass is 379 g/mol. The topological polar surface area (TPSA) is 51.7 Å². The van der Waals surface area contributed by atoms with Crippen LogP contribution >= 0.6 is 11.6 Å². The van der Waals surface area contributed by atoms with Crippen LogP contribution in [0.3, 0.4) is 0 Å². The van der Waals surface area contributed by atoms with Crippen LogP contribution in [0.2, 0.25) is 5.02 Å². The Kier molecular flexibility index (Phi) is 6.51. The Bertz CT molecular complexity index is 610. The van der Waals surface area contributed by atoms with Gasteiger partial charge in [-0.05, 0) is 38.6 Å². The van der Waals surface area contributed by atoms with Gasteiger partial charge in [-0.3, -0.25) is 9.69 Å². The van der Waals surface area contributed by atoms with Crippen LogP contribution in [-0.4, -0.2) is 90.5 Å². The van der Waals surface area contributed by atoms with Gasteiger partial charge in [-0.25, -0.2) is 4.98 Å². The second-order valence-corrected chi connectivity index (χ2v) is 7.99. The molecular formula is C19H30ClN5O. The number of piperazine rings is 1. The van der Waals surface area contributed by atoms with Crippen LogP contribution in [0.25, 0.3) is 0 Å². The number of likely N-dealkylation sites (tertiary alicyclic amines) is 1. The molecule has 2 saturated heterocycles. The van der Waals surface area contributed by atoms with E-state index in [0.29, 0.717) is 10.7 Å². The zero-order valence-electron chi connectivity index (χ0n) is 15.9. The Hall–Kier alpha value is -1.21. The maximum absolute atomic E-state index is 12.9. The molecule has 26 heavy (non-hydrogen) atoms. The molecule has 1 N–H and O–H groups in total. The highest BCUT2D eigenvalue weighted by atomic mass is 35.5. The minimum Gasteiger partial charge on any atom is -0.344 e. The van der Waals surface area contributed by atoms with Gasteiger partial charge in [0, 0.05) is 52.0 Å². The van der Waals surface area contributed by atoms with Crippen molar-refractivity contribution in [3.8, 4) is 0 Å². The Labute approximate surface area is 161 Å². The molecule has 0 atom stereocenters. The van der Waals surface area contributed by atoms with Crippen LogP contribution in [0.1, 0.15) is 30.3 Å². The van der Waals surface area contributed by atoms with Crippen LogP contribution in [0.15, 0.2) is 18.3 Å². The number of pyridine rings is 1. The predicted octanol–water partition coefficient (Wildman–Crippen LogP) is 1.57. The highest BCUT2D eigenvalue weighted by molar-refractivity contribution is 6.33. The van der Waals surface area contributed by atoms with Gasteiger partial charge in [-0.1, -0.05) is 18.5 Å². The normalized spacial score (nSPS) is 22.3. The Balaban J connectivity index is 1.70. The van der Waals surface area contributed by atoms with Crippen molar-refractivity contribution in [2.24, 2.45) is 0 Å². The van der Waals surface area contributed by atoms with Crippen LogP contribution in [0, 0.1) is 0 Å². The van der Waals surface area contributed by atoms with Crippen molar-refractivity contribution >= 4 is 17.5 Å². The molecule has 0 spiro atoms. The number of piperidine rings is 1. The van der Waals surface area contributed by atoms with Crippen molar-refractivity contribution in [2.75, 3.05) is 59.4 Å². The quantitative estimate of drug-likeness (QED) is 0.841. The SMILES string of the molecule is CCN1CCN(CC2(NC(=O)c3ncccc3Cl)CCN(C)CC2)CC1. The van der Waals surface area contributed by atoms with E-state index in [1.807, 2.05) is 0 Å². The molecule has 0 unspecified atom stereocenters. The van der Waals surface area contributed by atoms with Crippen molar-refractivity contribution in [3.63, 3.8) is 0 Å². The third-order valence-electron chi connectivity index (χ3n) is 5.73. The Morgan fingerprint density at radius 1 is 1.19 bits per heavy atom. The molecule has 6 nitrogen and oxygen atoms in total. The molecule has 2 aliphatic rings. The lowest BCUT2D eigenvalue weighted by Gasteiger charge is -2.45. The fourth-order valence-electron chi connectivity index (χ4n) is 3.91. The van der Waals surface area contributed by atoms with Crippen LogP contribution in [-0.2, 0) is 0 Å². The smallest absolute Gasteiger partial charge is 0.271 e. The third-order valence-corrected chi connectivity index (χ3v) is 6.04. The summed E-state index contributed by atoms with van der Waals surface area (Å²) in [6.45, 7) is 10.5. The summed E-state index contributed by atoms with van der Waals surface area (Å²) in [4.78, 5) is 24.3. The summed E-state index contributed by atoms with van der Waals surface area (Å²) in [6.07, 6.45) is 3.52. The fourth-order valence-corrected chi connectivity index (χ4v) is 4.12. The molecule has 0 bridgehead atoms. The third kappa shape index (κ3) is 4.74. The molecule has 7 heteroatoms. The standard InChI is InChI=1S/C19H30ClN5O/c1-3-24-11-13-25(14-12-24)15-19(6-9-23(2)10-7-19)22-18(26)17-16(20)5-4-8-21-17/h4-5,8H,3,6-7,9-15H2,1-2H3,(H,22,26). The predicted molar refractivity (Wildman–Crippen MR) is 105 cm³/mol. The largest absolute Gasteiger partial charge is 0.344 e. The molecule has 0 saturated carbocycles. The number of hydrogen-bond donors (Lipinski definition) is 1. The van der Waals surface area contributed by atoms with Crippen molar-refractivity contribution in [1.29, 1.82) is 0 Å². The number of carbonyl (C=O) groups is 1. The molecule has 1 aromatic heterocycles. The van der Waals surface area contributed by atoms with Gasteiger partial charge < -0.3 is 15.1 Å². The summed E-state index contributed by atoms with van der Waals surface area (Å²) < 4.78 is 0. The van der Waals surface area contributed by atoms with Gasteiger partial charge in [-0.15, -0.1) is 0 Å². The van der Waals surface area contributed by atoms with E-state index in [1.165, 1.54) is 0 Å². The van der Waals surface area contributed by atoms with E-state index in [1.54, 1.807) is 18.3 Å². The average molecular weight is 380 g/mol. The second-order valence-electron chi connectivity index (χ2n) is 7.58. The minimum absolute atomic E-state index is 0.160. The number of likely N-dealkylation sites (N-methyl/N-ethyl adjacent to an activating group) is 1. The molecule has 3 rings (SSSR count). The first-order valence-corrected chi connectivity index (χ1v) is 9.95. The van der Waals surface area contributed by atoms with E-state index in [0.717, 1.165) is 65.2 Å². The molecule has 0 aliphatic carbocycles. The molecule has 1 aromatic rings. The van der Waals surface area contributed by atoms with Crippen molar-refractivity contribution in [2.45, 2.75) is 25.3 Å². The molecule has 2 fully saturated rings. The van der Waals surface area contributed by atoms with Gasteiger partial charge in [-0.2, -0.15) is 0 Å². The second kappa shape index (κ2) is 8.65. The van der Waals surface area contributed by atoms with Crippen LogP contribution in [0.4, 0.5) is 0 Å².